The standard InChI is InChI=1S/C42H72O10/c1-3-5-7-9-10-11-12-13-14-15-16-17-18-19-20-21-22-23-24-25-26-27-29-31-38(45)51-35(33-49-37(44)30-28-8-6-4-2)34-50-42-41(48)40(47)39(46)36(32-43)52-42/h5,7,10-11,13-14,16-17,35-36,39-43,46-48H,3-4,6,8-9,12,15,18-34H2,1-2H3/b7-5-,11-10-,14-13-,17-16-. The van der Waals surface area contributed by atoms with Crippen LogP contribution in [0, 0.1) is 0 Å². The molecule has 1 heterocycles. The van der Waals surface area contributed by atoms with E-state index in [0.29, 0.717) is 12.8 Å². The van der Waals surface area contributed by atoms with Gasteiger partial charge in [0.1, 0.15) is 31.0 Å². The van der Waals surface area contributed by atoms with Crippen molar-refractivity contribution in [3.63, 3.8) is 0 Å². The third-order valence-electron chi connectivity index (χ3n) is 8.98. The highest BCUT2D eigenvalue weighted by Gasteiger charge is 2.44. The number of esters is 2. The lowest BCUT2D eigenvalue weighted by atomic mass is 9.99. The fourth-order valence-electron chi connectivity index (χ4n) is 5.77. The van der Waals surface area contributed by atoms with E-state index in [9.17, 15) is 30.0 Å². The zero-order chi connectivity index (χ0) is 38.1. The van der Waals surface area contributed by atoms with Gasteiger partial charge in [0.15, 0.2) is 12.4 Å². The minimum absolute atomic E-state index is 0.222. The van der Waals surface area contributed by atoms with Gasteiger partial charge < -0.3 is 39.4 Å². The maximum absolute atomic E-state index is 12.7. The Balaban J connectivity index is 2.21. The number of hydrogen-bond donors (Lipinski definition) is 4. The van der Waals surface area contributed by atoms with Crippen LogP contribution < -0.4 is 0 Å². The third kappa shape index (κ3) is 24.8. The molecule has 1 fully saturated rings. The maximum Gasteiger partial charge on any atom is 0.306 e. The number of unbranched alkanes of at least 4 members (excludes halogenated alkanes) is 13. The smallest absolute Gasteiger partial charge is 0.306 e. The van der Waals surface area contributed by atoms with E-state index in [-0.39, 0.29) is 26.1 Å². The van der Waals surface area contributed by atoms with Crippen LogP contribution in [0.15, 0.2) is 48.6 Å². The number of aliphatic hydroxyl groups is 4. The second-order valence-electron chi connectivity index (χ2n) is 13.7. The molecule has 10 heteroatoms. The van der Waals surface area contributed by atoms with E-state index >= 15 is 0 Å². The average molecular weight is 737 g/mol. The fraction of sp³-hybridized carbons (Fsp3) is 0.762. The van der Waals surface area contributed by atoms with Crippen LogP contribution >= 0.6 is 0 Å². The summed E-state index contributed by atoms with van der Waals surface area (Å²) in [6.07, 6.45) is 30.5. The van der Waals surface area contributed by atoms with Crippen molar-refractivity contribution in [2.45, 2.75) is 185 Å². The zero-order valence-electron chi connectivity index (χ0n) is 32.3. The van der Waals surface area contributed by atoms with Gasteiger partial charge in [-0.25, -0.2) is 0 Å². The van der Waals surface area contributed by atoms with E-state index in [2.05, 4.69) is 62.5 Å². The molecule has 52 heavy (non-hydrogen) atoms. The number of ether oxygens (including phenoxy) is 4. The second-order valence-corrected chi connectivity index (χ2v) is 13.7. The zero-order valence-corrected chi connectivity index (χ0v) is 32.3. The first kappa shape index (κ1) is 47.7. The van der Waals surface area contributed by atoms with Gasteiger partial charge in [-0.15, -0.1) is 0 Å². The predicted molar refractivity (Wildman–Crippen MR) is 205 cm³/mol. The van der Waals surface area contributed by atoms with Gasteiger partial charge in [0.25, 0.3) is 0 Å². The van der Waals surface area contributed by atoms with Crippen molar-refractivity contribution < 1.29 is 49.0 Å². The van der Waals surface area contributed by atoms with Gasteiger partial charge >= 0.3 is 11.9 Å². The van der Waals surface area contributed by atoms with Crippen molar-refractivity contribution in [1.29, 1.82) is 0 Å². The Labute approximate surface area is 314 Å². The minimum Gasteiger partial charge on any atom is -0.462 e. The van der Waals surface area contributed by atoms with Crippen molar-refractivity contribution >= 4 is 11.9 Å². The van der Waals surface area contributed by atoms with Crippen molar-refractivity contribution in [2.75, 3.05) is 19.8 Å². The van der Waals surface area contributed by atoms with Gasteiger partial charge in [-0.1, -0.05) is 133 Å². The topological polar surface area (TPSA) is 152 Å². The normalized spacial score (nSPS) is 21.5. The second kappa shape index (κ2) is 33.2. The first-order chi connectivity index (χ1) is 25.3. The minimum atomic E-state index is -1.59. The summed E-state index contributed by atoms with van der Waals surface area (Å²) in [7, 11) is 0. The summed E-state index contributed by atoms with van der Waals surface area (Å²) < 4.78 is 21.9. The summed E-state index contributed by atoms with van der Waals surface area (Å²) in [5.41, 5.74) is 0. The molecule has 0 aromatic rings. The number of allylic oxidation sites excluding steroid dienone is 8. The highest BCUT2D eigenvalue weighted by molar-refractivity contribution is 5.70. The van der Waals surface area contributed by atoms with E-state index in [0.717, 1.165) is 70.6 Å². The van der Waals surface area contributed by atoms with E-state index in [1.165, 1.54) is 38.5 Å². The summed E-state index contributed by atoms with van der Waals surface area (Å²) in [4.78, 5) is 24.9. The molecule has 300 valence electrons. The molecule has 1 aliphatic rings. The van der Waals surface area contributed by atoms with Gasteiger partial charge in [0.2, 0.25) is 0 Å². The Hall–Kier alpha value is -2.34. The molecule has 1 rings (SSSR count). The van der Waals surface area contributed by atoms with Crippen molar-refractivity contribution in [3.05, 3.63) is 48.6 Å². The van der Waals surface area contributed by atoms with Crippen LogP contribution in [0.2, 0.25) is 0 Å². The summed E-state index contributed by atoms with van der Waals surface area (Å²) >= 11 is 0. The maximum atomic E-state index is 12.7. The fourth-order valence-corrected chi connectivity index (χ4v) is 5.77. The molecule has 0 aromatic heterocycles. The molecule has 0 radical (unpaired) electrons. The number of hydrogen-bond acceptors (Lipinski definition) is 10. The molecule has 10 nitrogen and oxygen atoms in total. The van der Waals surface area contributed by atoms with E-state index in [1.807, 2.05) is 0 Å². The van der Waals surface area contributed by atoms with E-state index in [1.54, 1.807) is 0 Å². The number of rotatable bonds is 32. The summed E-state index contributed by atoms with van der Waals surface area (Å²) in [5.74, 6) is -0.835. The number of carbonyl (C=O) groups is 2. The molecule has 0 amide bonds. The Morgan fingerprint density at radius 1 is 0.615 bits per heavy atom. The SMILES string of the molecule is CC/C=C\C/C=C\C/C=C\C/C=C\CCCCCCCCCCCCC(=O)OC(COC(=O)CCCCCC)COC1OC(CO)C(O)C(O)C1O. The molecule has 6 atom stereocenters. The van der Waals surface area contributed by atoms with Crippen molar-refractivity contribution in [3.8, 4) is 0 Å². The molecule has 6 unspecified atom stereocenters. The monoisotopic (exact) mass is 737 g/mol. The molecule has 4 N–H and O–H groups in total. The number of carbonyl (C=O) groups excluding carboxylic acids is 2. The highest BCUT2D eigenvalue weighted by Crippen LogP contribution is 2.22. The molecular formula is C42H72O10. The third-order valence-corrected chi connectivity index (χ3v) is 8.98. The van der Waals surface area contributed by atoms with Gasteiger partial charge in [-0.05, 0) is 51.4 Å². The molecule has 0 bridgehead atoms. The Morgan fingerprint density at radius 2 is 1.13 bits per heavy atom. The molecule has 0 saturated carbocycles. The van der Waals surface area contributed by atoms with Crippen LogP contribution in [-0.2, 0) is 28.5 Å². The largest absolute Gasteiger partial charge is 0.462 e. The summed E-state index contributed by atoms with van der Waals surface area (Å²) in [6.45, 7) is 3.15. The Bertz CT molecular complexity index is 991. The Morgan fingerprint density at radius 3 is 1.71 bits per heavy atom. The van der Waals surface area contributed by atoms with Gasteiger partial charge in [0, 0.05) is 12.8 Å². The lowest BCUT2D eigenvalue weighted by Crippen LogP contribution is -2.59. The van der Waals surface area contributed by atoms with Crippen molar-refractivity contribution in [1.82, 2.24) is 0 Å². The highest BCUT2D eigenvalue weighted by atomic mass is 16.7. The van der Waals surface area contributed by atoms with Crippen LogP contribution in [-0.4, -0.2) is 89.0 Å². The van der Waals surface area contributed by atoms with Crippen LogP contribution in [0.4, 0.5) is 0 Å². The quantitative estimate of drug-likeness (QED) is 0.0307. The van der Waals surface area contributed by atoms with Crippen molar-refractivity contribution in [2.24, 2.45) is 0 Å². The number of aliphatic hydroxyl groups excluding tert-OH is 4. The van der Waals surface area contributed by atoms with Crippen LogP contribution in [0.5, 0.6) is 0 Å². The van der Waals surface area contributed by atoms with E-state index < -0.39 is 55.4 Å². The summed E-state index contributed by atoms with van der Waals surface area (Å²) in [5, 5.41) is 39.8. The summed E-state index contributed by atoms with van der Waals surface area (Å²) in [6, 6.07) is 0. The molecule has 0 aromatic carbocycles. The molecule has 0 spiro atoms. The lowest BCUT2D eigenvalue weighted by molar-refractivity contribution is -0.305. The molecule has 0 aliphatic carbocycles. The van der Waals surface area contributed by atoms with Crippen LogP contribution in [0.25, 0.3) is 0 Å². The first-order valence-electron chi connectivity index (χ1n) is 20.2. The van der Waals surface area contributed by atoms with Gasteiger partial charge in [-0.2, -0.15) is 0 Å². The van der Waals surface area contributed by atoms with Crippen LogP contribution in [0.3, 0.4) is 0 Å². The lowest BCUT2D eigenvalue weighted by Gasteiger charge is -2.39. The van der Waals surface area contributed by atoms with E-state index in [4.69, 9.17) is 18.9 Å². The van der Waals surface area contributed by atoms with Crippen LogP contribution in [0.1, 0.15) is 149 Å². The first-order valence-corrected chi connectivity index (χ1v) is 20.2. The molecular weight excluding hydrogens is 664 g/mol. The van der Waals surface area contributed by atoms with Gasteiger partial charge in [0.05, 0.1) is 13.2 Å². The predicted octanol–water partition coefficient (Wildman–Crippen LogP) is 7.71. The van der Waals surface area contributed by atoms with Gasteiger partial charge in [-0.3, -0.25) is 9.59 Å². The average Bonchev–Trinajstić information content (AvgIpc) is 3.14. The molecule has 1 saturated heterocycles. The Kier molecular flexibility index (Phi) is 30.5. The molecule has 1 aliphatic heterocycles.